The first-order valence-electron chi connectivity index (χ1n) is 6.00. The zero-order chi connectivity index (χ0) is 13.1. The van der Waals surface area contributed by atoms with E-state index >= 15 is 0 Å². The van der Waals surface area contributed by atoms with Crippen molar-refractivity contribution in [1.29, 1.82) is 0 Å². The van der Waals surface area contributed by atoms with Crippen LogP contribution >= 0.6 is 11.8 Å². The molecule has 1 aliphatic rings. The lowest BCUT2D eigenvalue weighted by atomic mass is 10.1. The Labute approximate surface area is 110 Å². The van der Waals surface area contributed by atoms with Gasteiger partial charge in [0.15, 0.2) is 0 Å². The SMILES string of the molecule is CSC1CCCC1NC(=O)c1cc(F)ccc1N. The Morgan fingerprint density at radius 1 is 1.50 bits per heavy atom. The average Bonchev–Trinajstić information content (AvgIpc) is 2.79. The summed E-state index contributed by atoms with van der Waals surface area (Å²) in [5, 5.41) is 3.41. The van der Waals surface area contributed by atoms with Crippen LogP contribution in [0.1, 0.15) is 29.6 Å². The van der Waals surface area contributed by atoms with Gasteiger partial charge in [-0.3, -0.25) is 4.79 Å². The number of hydrogen-bond donors (Lipinski definition) is 2. The molecule has 3 N–H and O–H groups in total. The second kappa shape index (κ2) is 5.61. The molecular weight excluding hydrogens is 251 g/mol. The molecule has 2 unspecified atom stereocenters. The third-order valence-corrected chi connectivity index (χ3v) is 4.50. The highest BCUT2D eigenvalue weighted by Crippen LogP contribution is 2.28. The highest BCUT2D eigenvalue weighted by Gasteiger charge is 2.28. The third kappa shape index (κ3) is 2.77. The van der Waals surface area contributed by atoms with Crippen molar-refractivity contribution in [3.8, 4) is 0 Å². The van der Waals surface area contributed by atoms with Crippen LogP contribution in [0.4, 0.5) is 10.1 Å². The summed E-state index contributed by atoms with van der Waals surface area (Å²) in [5.74, 6) is -0.722. The van der Waals surface area contributed by atoms with Gasteiger partial charge in [0.05, 0.1) is 5.56 Å². The standard InChI is InChI=1S/C13H17FN2OS/c1-18-12-4-2-3-11(12)16-13(17)9-7-8(14)5-6-10(9)15/h5-7,11-12H,2-4,15H2,1H3,(H,16,17). The topological polar surface area (TPSA) is 55.1 Å². The number of hydrogen-bond acceptors (Lipinski definition) is 3. The summed E-state index contributed by atoms with van der Waals surface area (Å²) in [7, 11) is 0. The number of benzene rings is 1. The van der Waals surface area contributed by atoms with Crippen molar-refractivity contribution in [2.24, 2.45) is 0 Å². The first-order valence-corrected chi connectivity index (χ1v) is 7.29. The minimum Gasteiger partial charge on any atom is -0.398 e. The molecule has 0 aromatic heterocycles. The number of amides is 1. The molecule has 1 fully saturated rings. The van der Waals surface area contributed by atoms with Crippen molar-refractivity contribution in [1.82, 2.24) is 5.32 Å². The molecule has 0 radical (unpaired) electrons. The summed E-state index contributed by atoms with van der Waals surface area (Å²) in [6.07, 6.45) is 5.26. The number of thioether (sulfide) groups is 1. The molecule has 1 amide bonds. The van der Waals surface area contributed by atoms with Gasteiger partial charge in [-0.1, -0.05) is 6.42 Å². The maximum absolute atomic E-state index is 13.1. The van der Waals surface area contributed by atoms with E-state index in [1.165, 1.54) is 18.2 Å². The fourth-order valence-electron chi connectivity index (χ4n) is 2.34. The fourth-order valence-corrected chi connectivity index (χ4v) is 3.28. The molecular formula is C13H17FN2OS. The van der Waals surface area contributed by atoms with Crippen molar-refractivity contribution in [2.45, 2.75) is 30.6 Å². The Bertz CT molecular complexity index is 453. The Morgan fingerprint density at radius 3 is 3.00 bits per heavy atom. The lowest BCUT2D eigenvalue weighted by Crippen LogP contribution is -2.38. The number of anilines is 1. The van der Waals surface area contributed by atoms with Gasteiger partial charge in [-0.2, -0.15) is 11.8 Å². The predicted molar refractivity (Wildman–Crippen MR) is 73.2 cm³/mol. The molecule has 1 aromatic carbocycles. The zero-order valence-corrected chi connectivity index (χ0v) is 11.1. The van der Waals surface area contributed by atoms with E-state index in [0.717, 1.165) is 19.3 Å². The molecule has 5 heteroatoms. The summed E-state index contributed by atoms with van der Waals surface area (Å²) >= 11 is 1.76. The number of halogens is 1. The Hall–Kier alpha value is -1.23. The van der Waals surface area contributed by atoms with Crippen LogP contribution in [-0.2, 0) is 0 Å². The number of carbonyl (C=O) groups is 1. The van der Waals surface area contributed by atoms with Gasteiger partial charge in [0, 0.05) is 17.0 Å². The van der Waals surface area contributed by atoms with Crippen LogP contribution in [0.3, 0.4) is 0 Å². The molecule has 18 heavy (non-hydrogen) atoms. The van der Waals surface area contributed by atoms with Crippen LogP contribution in [-0.4, -0.2) is 23.5 Å². The van der Waals surface area contributed by atoms with Crippen LogP contribution in [0.15, 0.2) is 18.2 Å². The molecule has 2 rings (SSSR count). The van der Waals surface area contributed by atoms with Gasteiger partial charge in [-0.25, -0.2) is 4.39 Å². The molecule has 2 atom stereocenters. The zero-order valence-electron chi connectivity index (χ0n) is 10.3. The first kappa shape index (κ1) is 13.2. The predicted octanol–water partition coefficient (Wildman–Crippen LogP) is 2.42. The Morgan fingerprint density at radius 2 is 2.28 bits per heavy atom. The van der Waals surface area contributed by atoms with E-state index in [4.69, 9.17) is 5.73 Å². The molecule has 0 aliphatic heterocycles. The van der Waals surface area contributed by atoms with E-state index in [1.54, 1.807) is 11.8 Å². The molecule has 0 spiro atoms. The second-order valence-corrected chi connectivity index (χ2v) is 5.59. The quantitative estimate of drug-likeness (QED) is 0.828. The van der Waals surface area contributed by atoms with Gasteiger partial charge in [-0.15, -0.1) is 0 Å². The van der Waals surface area contributed by atoms with Crippen LogP contribution in [0.2, 0.25) is 0 Å². The van der Waals surface area contributed by atoms with Crippen LogP contribution in [0.25, 0.3) is 0 Å². The van der Waals surface area contributed by atoms with E-state index < -0.39 is 5.82 Å². The maximum atomic E-state index is 13.1. The highest BCUT2D eigenvalue weighted by molar-refractivity contribution is 7.99. The van der Waals surface area contributed by atoms with Crippen molar-refractivity contribution >= 4 is 23.4 Å². The Kier molecular flexibility index (Phi) is 4.11. The fraction of sp³-hybridized carbons (Fsp3) is 0.462. The van der Waals surface area contributed by atoms with Crippen molar-refractivity contribution in [3.63, 3.8) is 0 Å². The van der Waals surface area contributed by atoms with E-state index in [9.17, 15) is 9.18 Å². The number of carbonyl (C=O) groups excluding carboxylic acids is 1. The monoisotopic (exact) mass is 268 g/mol. The van der Waals surface area contributed by atoms with E-state index in [0.29, 0.717) is 10.9 Å². The van der Waals surface area contributed by atoms with Crippen molar-refractivity contribution in [3.05, 3.63) is 29.6 Å². The van der Waals surface area contributed by atoms with E-state index in [2.05, 4.69) is 5.32 Å². The number of nitrogen functional groups attached to an aromatic ring is 1. The van der Waals surface area contributed by atoms with Crippen LogP contribution < -0.4 is 11.1 Å². The molecule has 1 aliphatic carbocycles. The number of nitrogens with one attached hydrogen (secondary N) is 1. The average molecular weight is 268 g/mol. The normalized spacial score (nSPS) is 23.0. The molecule has 0 saturated heterocycles. The molecule has 1 saturated carbocycles. The van der Waals surface area contributed by atoms with Crippen molar-refractivity contribution < 1.29 is 9.18 Å². The summed E-state index contributed by atoms with van der Waals surface area (Å²) in [6.45, 7) is 0. The lowest BCUT2D eigenvalue weighted by molar-refractivity contribution is 0.0939. The Balaban J connectivity index is 2.09. The largest absolute Gasteiger partial charge is 0.398 e. The molecule has 3 nitrogen and oxygen atoms in total. The van der Waals surface area contributed by atoms with Gasteiger partial charge in [0.2, 0.25) is 0 Å². The van der Waals surface area contributed by atoms with Gasteiger partial charge < -0.3 is 11.1 Å². The summed E-state index contributed by atoms with van der Waals surface area (Å²) < 4.78 is 13.1. The smallest absolute Gasteiger partial charge is 0.253 e. The van der Waals surface area contributed by atoms with Gasteiger partial charge in [0.1, 0.15) is 5.82 Å². The summed E-state index contributed by atoms with van der Waals surface area (Å²) in [4.78, 5) is 12.1. The van der Waals surface area contributed by atoms with E-state index in [1.807, 2.05) is 6.26 Å². The second-order valence-electron chi connectivity index (χ2n) is 4.52. The van der Waals surface area contributed by atoms with Crippen molar-refractivity contribution in [2.75, 3.05) is 12.0 Å². The van der Waals surface area contributed by atoms with Crippen LogP contribution in [0.5, 0.6) is 0 Å². The van der Waals surface area contributed by atoms with E-state index in [-0.39, 0.29) is 17.5 Å². The van der Waals surface area contributed by atoms with Gasteiger partial charge in [0.25, 0.3) is 5.91 Å². The number of nitrogens with two attached hydrogens (primary N) is 1. The van der Waals surface area contributed by atoms with Crippen LogP contribution in [0, 0.1) is 5.82 Å². The maximum Gasteiger partial charge on any atom is 0.253 e. The minimum absolute atomic E-state index is 0.162. The first-order chi connectivity index (χ1) is 8.61. The third-order valence-electron chi connectivity index (χ3n) is 3.33. The molecule has 98 valence electrons. The highest BCUT2D eigenvalue weighted by atomic mass is 32.2. The summed E-state index contributed by atoms with van der Waals surface area (Å²) in [6, 6.07) is 4.03. The molecule has 0 heterocycles. The van der Waals surface area contributed by atoms with Gasteiger partial charge in [-0.05, 0) is 37.3 Å². The molecule has 0 bridgehead atoms. The summed E-state index contributed by atoms with van der Waals surface area (Å²) in [5.41, 5.74) is 6.24. The minimum atomic E-state index is -0.442. The number of rotatable bonds is 3. The lowest BCUT2D eigenvalue weighted by Gasteiger charge is -2.19. The van der Waals surface area contributed by atoms with Gasteiger partial charge >= 0.3 is 0 Å². The molecule has 1 aromatic rings.